The molecule has 2 aromatic rings. The van der Waals surface area contributed by atoms with Crippen LogP contribution in [0, 0.1) is 0 Å². The van der Waals surface area contributed by atoms with Crippen molar-refractivity contribution >= 4 is 0 Å². The average Bonchev–Trinajstić information content (AvgIpc) is 2.53. The molecule has 0 fully saturated rings. The van der Waals surface area contributed by atoms with Crippen LogP contribution in [0.15, 0.2) is 48.5 Å². The molecule has 1 N–H and O–H groups in total. The summed E-state index contributed by atoms with van der Waals surface area (Å²) in [5, 5.41) is 10.5. The summed E-state index contributed by atoms with van der Waals surface area (Å²) in [6.45, 7) is 5.06. The first-order valence-electron chi connectivity index (χ1n) is 7.47. The van der Waals surface area contributed by atoms with Gasteiger partial charge in [-0.15, -0.1) is 0 Å². The second-order valence-corrected chi connectivity index (χ2v) is 5.71. The first-order valence-corrected chi connectivity index (χ1v) is 7.47. The number of methoxy groups -OCH3 is 1. The average molecular weight is 284 g/mol. The molecule has 0 amide bonds. The molecule has 0 aliphatic rings. The zero-order valence-electron chi connectivity index (χ0n) is 13.0. The van der Waals surface area contributed by atoms with Crippen LogP contribution in [0.25, 0.3) is 0 Å². The van der Waals surface area contributed by atoms with Crippen molar-refractivity contribution < 1.29 is 9.84 Å². The van der Waals surface area contributed by atoms with Gasteiger partial charge < -0.3 is 9.84 Å². The molecule has 2 rings (SSSR count). The van der Waals surface area contributed by atoms with Crippen LogP contribution in [0.1, 0.15) is 48.1 Å². The molecular weight excluding hydrogens is 260 g/mol. The SMILES string of the molecule is COCCc1ccc(C(O)c2ccc(C(C)C)cc2)cc1. The van der Waals surface area contributed by atoms with E-state index in [0.717, 1.165) is 24.2 Å². The summed E-state index contributed by atoms with van der Waals surface area (Å²) in [7, 11) is 1.71. The van der Waals surface area contributed by atoms with Gasteiger partial charge >= 0.3 is 0 Å². The highest BCUT2D eigenvalue weighted by Crippen LogP contribution is 2.24. The highest BCUT2D eigenvalue weighted by molar-refractivity contribution is 5.34. The molecule has 1 atom stereocenters. The third-order valence-electron chi connectivity index (χ3n) is 3.81. The van der Waals surface area contributed by atoms with Crippen LogP contribution in [0.3, 0.4) is 0 Å². The summed E-state index contributed by atoms with van der Waals surface area (Å²) in [4.78, 5) is 0. The molecule has 2 heteroatoms. The van der Waals surface area contributed by atoms with Crippen molar-refractivity contribution in [3.8, 4) is 0 Å². The molecule has 0 bridgehead atoms. The van der Waals surface area contributed by atoms with Crippen LogP contribution >= 0.6 is 0 Å². The lowest BCUT2D eigenvalue weighted by atomic mass is 9.96. The van der Waals surface area contributed by atoms with Crippen LogP contribution in [0.2, 0.25) is 0 Å². The van der Waals surface area contributed by atoms with Gasteiger partial charge in [0.25, 0.3) is 0 Å². The van der Waals surface area contributed by atoms with E-state index in [-0.39, 0.29) is 0 Å². The Morgan fingerprint density at radius 2 is 1.33 bits per heavy atom. The molecule has 0 heterocycles. The molecule has 0 saturated carbocycles. The Labute approximate surface area is 127 Å². The molecule has 21 heavy (non-hydrogen) atoms. The van der Waals surface area contributed by atoms with Gasteiger partial charge in [-0.1, -0.05) is 62.4 Å². The van der Waals surface area contributed by atoms with Crippen LogP contribution in [0.5, 0.6) is 0 Å². The van der Waals surface area contributed by atoms with Crippen molar-refractivity contribution in [1.82, 2.24) is 0 Å². The van der Waals surface area contributed by atoms with Gasteiger partial charge in [0.05, 0.1) is 6.61 Å². The molecule has 112 valence electrons. The summed E-state index contributed by atoms with van der Waals surface area (Å²) in [6, 6.07) is 16.3. The largest absolute Gasteiger partial charge is 0.384 e. The summed E-state index contributed by atoms with van der Waals surface area (Å²) < 4.78 is 5.07. The van der Waals surface area contributed by atoms with E-state index in [1.165, 1.54) is 11.1 Å². The zero-order chi connectivity index (χ0) is 15.2. The normalized spacial score (nSPS) is 12.6. The Hall–Kier alpha value is -1.64. The van der Waals surface area contributed by atoms with Crippen LogP contribution in [-0.2, 0) is 11.2 Å². The molecule has 0 aromatic heterocycles. The van der Waals surface area contributed by atoms with E-state index in [2.05, 4.69) is 38.1 Å². The quantitative estimate of drug-likeness (QED) is 0.866. The molecule has 0 aliphatic carbocycles. The van der Waals surface area contributed by atoms with Crippen molar-refractivity contribution in [3.05, 3.63) is 70.8 Å². The summed E-state index contributed by atoms with van der Waals surface area (Å²) in [5.41, 5.74) is 4.38. The maximum absolute atomic E-state index is 10.5. The number of benzene rings is 2. The molecule has 0 aliphatic heterocycles. The summed E-state index contributed by atoms with van der Waals surface area (Å²) >= 11 is 0. The number of hydrogen-bond acceptors (Lipinski definition) is 2. The Morgan fingerprint density at radius 1 is 0.857 bits per heavy atom. The molecular formula is C19H24O2. The maximum atomic E-state index is 10.5. The highest BCUT2D eigenvalue weighted by Gasteiger charge is 2.10. The van der Waals surface area contributed by atoms with E-state index in [9.17, 15) is 5.11 Å². The number of rotatable bonds is 6. The lowest BCUT2D eigenvalue weighted by Gasteiger charge is -2.14. The van der Waals surface area contributed by atoms with Gasteiger partial charge in [0.15, 0.2) is 0 Å². The van der Waals surface area contributed by atoms with Gasteiger partial charge in [-0.2, -0.15) is 0 Å². The van der Waals surface area contributed by atoms with Crippen molar-refractivity contribution in [1.29, 1.82) is 0 Å². The Morgan fingerprint density at radius 3 is 1.81 bits per heavy atom. The van der Waals surface area contributed by atoms with Gasteiger partial charge in [-0.3, -0.25) is 0 Å². The van der Waals surface area contributed by atoms with Crippen molar-refractivity contribution in [2.45, 2.75) is 32.3 Å². The molecule has 2 aromatic carbocycles. The van der Waals surface area contributed by atoms with Gasteiger partial charge in [-0.25, -0.2) is 0 Å². The van der Waals surface area contributed by atoms with Crippen LogP contribution < -0.4 is 0 Å². The van der Waals surface area contributed by atoms with Gasteiger partial charge in [-0.05, 0) is 34.6 Å². The minimum Gasteiger partial charge on any atom is -0.384 e. The Kier molecular flexibility index (Phi) is 5.54. The second-order valence-electron chi connectivity index (χ2n) is 5.71. The van der Waals surface area contributed by atoms with E-state index in [1.54, 1.807) is 7.11 Å². The van der Waals surface area contributed by atoms with Gasteiger partial charge in [0, 0.05) is 7.11 Å². The number of ether oxygens (including phenoxy) is 1. The lowest BCUT2D eigenvalue weighted by Crippen LogP contribution is -2.01. The van der Waals surface area contributed by atoms with E-state index in [0.29, 0.717) is 5.92 Å². The monoisotopic (exact) mass is 284 g/mol. The van der Waals surface area contributed by atoms with E-state index < -0.39 is 6.10 Å². The zero-order valence-corrected chi connectivity index (χ0v) is 13.0. The maximum Gasteiger partial charge on any atom is 0.104 e. The van der Waals surface area contributed by atoms with E-state index >= 15 is 0 Å². The third-order valence-corrected chi connectivity index (χ3v) is 3.81. The predicted octanol–water partition coefficient (Wildman–Crippen LogP) is 4.08. The fourth-order valence-corrected chi connectivity index (χ4v) is 2.34. The lowest BCUT2D eigenvalue weighted by molar-refractivity contribution is 0.202. The van der Waals surface area contributed by atoms with Gasteiger partial charge in [0.1, 0.15) is 6.10 Å². The summed E-state index contributed by atoms with van der Waals surface area (Å²) in [5.74, 6) is 0.510. The van der Waals surface area contributed by atoms with Crippen molar-refractivity contribution in [3.63, 3.8) is 0 Å². The van der Waals surface area contributed by atoms with Crippen LogP contribution in [-0.4, -0.2) is 18.8 Å². The van der Waals surface area contributed by atoms with Gasteiger partial charge in [0.2, 0.25) is 0 Å². The first kappa shape index (κ1) is 15.7. The topological polar surface area (TPSA) is 29.5 Å². The molecule has 0 radical (unpaired) electrons. The molecule has 0 saturated heterocycles. The Balaban J connectivity index is 2.10. The standard InChI is InChI=1S/C19H24O2/c1-14(2)16-8-10-18(11-9-16)19(20)17-6-4-15(5-7-17)12-13-21-3/h4-11,14,19-20H,12-13H2,1-3H3. The molecule has 2 nitrogen and oxygen atoms in total. The minimum absolute atomic E-state index is 0.510. The number of aliphatic hydroxyl groups excluding tert-OH is 1. The summed E-state index contributed by atoms with van der Waals surface area (Å²) in [6.07, 6.45) is 0.332. The Bertz CT molecular complexity index is 541. The number of hydrogen-bond donors (Lipinski definition) is 1. The number of aliphatic hydroxyl groups is 1. The van der Waals surface area contributed by atoms with E-state index in [4.69, 9.17) is 4.74 Å². The molecule has 0 spiro atoms. The minimum atomic E-state index is -0.567. The highest BCUT2D eigenvalue weighted by atomic mass is 16.5. The van der Waals surface area contributed by atoms with Crippen molar-refractivity contribution in [2.75, 3.05) is 13.7 Å². The third kappa shape index (κ3) is 4.16. The fourth-order valence-electron chi connectivity index (χ4n) is 2.34. The van der Waals surface area contributed by atoms with Crippen LogP contribution in [0.4, 0.5) is 0 Å². The van der Waals surface area contributed by atoms with E-state index in [1.807, 2.05) is 24.3 Å². The molecule has 1 unspecified atom stereocenters. The predicted molar refractivity (Wildman–Crippen MR) is 86.6 cm³/mol. The fraction of sp³-hybridized carbons (Fsp3) is 0.368. The smallest absolute Gasteiger partial charge is 0.104 e. The first-order chi connectivity index (χ1) is 10.1. The van der Waals surface area contributed by atoms with Crippen molar-refractivity contribution in [2.24, 2.45) is 0 Å². The second kappa shape index (κ2) is 7.39.